The molecule has 0 spiro atoms. The molecule has 0 unspecified atom stereocenters. The Labute approximate surface area is 143 Å². The van der Waals surface area contributed by atoms with E-state index in [-0.39, 0.29) is 5.97 Å². The molecule has 24 heavy (non-hydrogen) atoms. The van der Waals surface area contributed by atoms with Crippen LogP contribution in [0.3, 0.4) is 0 Å². The molecule has 0 bridgehead atoms. The van der Waals surface area contributed by atoms with Crippen molar-refractivity contribution < 1.29 is 14.8 Å². The van der Waals surface area contributed by atoms with Crippen LogP contribution in [0.4, 0.5) is 0 Å². The van der Waals surface area contributed by atoms with Crippen molar-refractivity contribution >= 4 is 22.8 Å². The number of hydrogen-bond acceptors (Lipinski definition) is 2. The Kier molecular flexibility index (Phi) is 5.00. The van der Waals surface area contributed by atoms with E-state index in [9.17, 15) is 4.79 Å². The van der Waals surface area contributed by atoms with E-state index in [0.717, 1.165) is 36.9 Å². The summed E-state index contributed by atoms with van der Waals surface area (Å²) < 4.78 is 5.77. The molecule has 2 aromatic rings. The molecular weight excluding hydrogens is 298 g/mol. The number of hydrogen-bond donors (Lipinski definition) is 1. The SMILES string of the molecule is CC(C)(OC(=O)/C=C/c1cccc2ccccc12)C1CC[NH2+]CC1. The van der Waals surface area contributed by atoms with Gasteiger partial charge in [0.05, 0.1) is 13.1 Å². The first-order chi connectivity index (χ1) is 11.6. The lowest BCUT2D eigenvalue weighted by Crippen LogP contribution is -2.86. The zero-order valence-corrected chi connectivity index (χ0v) is 14.5. The summed E-state index contributed by atoms with van der Waals surface area (Å²) in [5, 5.41) is 4.65. The summed E-state index contributed by atoms with van der Waals surface area (Å²) in [6.45, 7) is 6.31. The Balaban J connectivity index is 1.70. The van der Waals surface area contributed by atoms with Gasteiger partial charge in [0.15, 0.2) is 0 Å². The third-order valence-corrected chi connectivity index (χ3v) is 5.01. The zero-order valence-electron chi connectivity index (χ0n) is 14.5. The molecule has 3 rings (SSSR count). The molecule has 1 saturated heterocycles. The highest BCUT2D eigenvalue weighted by Gasteiger charge is 2.34. The van der Waals surface area contributed by atoms with E-state index < -0.39 is 5.60 Å². The van der Waals surface area contributed by atoms with Gasteiger partial charge < -0.3 is 10.1 Å². The number of carbonyl (C=O) groups is 1. The molecule has 2 N–H and O–H groups in total. The number of carbonyl (C=O) groups excluding carboxylic acids is 1. The van der Waals surface area contributed by atoms with Crippen LogP contribution in [0.2, 0.25) is 0 Å². The lowest BCUT2D eigenvalue weighted by molar-refractivity contribution is -0.665. The van der Waals surface area contributed by atoms with Crippen LogP contribution in [0.1, 0.15) is 32.3 Å². The monoisotopic (exact) mass is 324 g/mol. The topological polar surface area (TPSA) is 42.9 Å². The predicted octanol–water partition coefficient (Wildman–Crippen LogP) is 3.15. The Morgan fingerprint density at radius 1 is 1.12 bits per heavy atom. The van der Waals surface area contributed by atoms with E-state index in [0.29, 0.717) is 5.92 Å². The van der Waals surface area contributed by atoms with Crippen LogP contribution in [0.25, 0.3) is 16.8 Å². The molecule has 126 valence electrons. The zero-order chi connectivity index (χ0) is 17.0. The molecule has 3 heteroatoms. The molecule has 1 aliphatic rings. The molecule has 0 atom stereocenters. The second-order valence-corrected chi connectivity index (χ2v) is 7.07. The summed E-state index contributed by atoms with van der Waals surface area (Å²) in [7, 11) is 0. The molecule has 0 saturated carbocycles. The minimum Gasteiger partial charge on any atom is -0.456 e. The predicted molar refractivity (Wildman–Crippen MR) is 97.5 cm³/mol. The second-order valence-electron chi connectivity index (χ2n) is 7.07. The first-order valence-electron chi connectivity index (χ1n) is 8.77. The Morgan fingerprint density at radius 3 is 2.62 bits per heavy atom. The number of fused-ring (bicyclic) bond motifs is 1. The van der Waals surface area contributed by atoms with Crippen molar-refractivity contribution in [2.45, 2.75) is 32.3 Å². The van der Waals surface area contributed by atoms with Crippen molar-refractivity contribution in [3.63, 3.8) is 0 Å². The maximum atomic E-state index is 12.3. The fraction of sp³-hybridized carbons (Fsp3) is 0.381. The fourth-order valence-electron chi connectivity index (χ4n) is 3.55. The van der Waals surface area contributed by atoms with E-state index in [1.165, 1.54) is 5.39 Å². The lowest BCUT2D eigenvalue weighted by Gasteiger charge is -2.35. The molecular formula is C21H26NO2+. The number of quaternary nitrogens is 1. The molecule has 0 radical (unpaired) electrons. The smallest absolute Gasteiger partial charge is 0.331 e. The number of rotatable bonds is 4. The minimum atomic E-state index is -0.408. The van der Waals surface area contributed by atoms with Gasteiger partial charge in [0.2, 0.25) is 0 Å². The maximum absolute atomic E-state index is 12.3. The maximum Gasteiger partial charge on any atom is 0.331 e. The second kappa shape index (κ2) is 7.18. The van der Waals surface area contributed by atoms with E-state index in [2.05, 4.69) is 23.5 Å². The van der Waals surface area contributed by atoms with Crippen LogP contribution in [0.5, 0.6) is 0 Å². The van der Waals surface area contributed by atoms with Gasteiger partial charge in [-0.1, -0.05) is 42.5 Å². The van der Waals surface area contributed by atoms with E-state index in [1.807, 2.05) is 44.2 Å². The van der Waals surface area contributed by atoms with Crippen molar-refractivity contribution in [3.8, 4) is 0 Å². The van der Waals surface area contributed by atoms with Crippen LogP contribution in [-0.4, -0.2) is 24.7 Å². The summed E-state index contributed by atoms with van der Waals surface area (Å²) in [4.78, 5) is 12.3. The molecule has 0 aliphatic carbocycles. The average Bonchev–Trinajstić information content (AvgIpc) is 2.60. The van der Waals surface area contributed by atoms with Gasteiger partial charge in [0.1, 0.15) is 5.60 Å². The fourth-order valence-corrected chi connectivity index (χ4v) is 3.55. The van der Waals surface area contributed by atoms with Crippen molar-refractivity contribution in [3.05, 3.63) is 54.1 Å². The third-order valence-electron chi connectivity index (χ3n) is 5.01. The Bertz CT molecular complexity index is 737. The Hall–Kier alpha value is -2.13. The van der Waals surface area contributed by atoms with Crippen LogP contribution in [0, 0.1) is 5.92 Å². The molecule has 1 aliphatic heterocycles. The number of ether oxygens (including phenoxy) is 1. The quantitative estimate of drug-likeness (QED) is 0.693. The first-order valence-corrected chi connectivity index (χ1v) is 8.77. The molecule has 1 fully saturated rings. The van der Waals surface area contributed by atoms with E-state index in [4.69, 9.17) is 4.74 Å². The van der Waals surface area contributed by atoms with Crippen LogP contribution >= 0.6 is 0 Å². The van der Waals surface area contributed by atoms with Crippen molar-refractivity contribution in [2.24, 2.45) is 5.92 Å². The highest BCUT2D eigenvalue weighted by atomic mass is 16.6. The van der Waals surface area contributed by atoms with Gasteiger partial charge in [-0.05, 0) is 36.3 Å². The number of esters is 1. The summed E-state index contributed by atoms with van der Waals surface area (Å²) in [6, 6.07) is 14.3. The molecule has 0 aromatic heterocycles. The van der Waals surface area contributed by atoms with Gasteiger partial charge in [0, 0.05) is 24.8 Å². The van der Waals surface area contributed by atoms with Crippen LogP contribution < -0.4 is 5.32 Å². The normalized spacial score (nSPS) is 16.6. The van der Waals surface area contributed by atoms with Crippen molar-refractivity contribution in [1.82, 2.24) is 0 Å². The van der Waals surface area contributed by atoms with Gasteiger partial charge in [-0.15, -0.1) is 0 Å². The standard InChI is InChI=1S/C21H25NO2/c1-21(2,18-12-14-22-15-13-18)24-20(23)11-10-17-8-5-7-16-6-3-4-9-19(16)17/h3-11,18,22H,12-15H2,1-2H3/p+1/b11-10+. The van der Waals surface area contributed by atoms with E-state index >= 15 is 0 Å². The van der Waals surface area contributed by atoms with Gasteiger partial charge >= 0.3 is 5.97 Å². The largest absolute Gasteiger partial charge is 0.456 e. The summed E-state index contributed by atoms with van der Waals surface area (Å²) in [5.74, 6) is 0.180. The van der Waals surface area contributed by atoms with E-state index in [1.54, 1.807) is 6.08 Å². The summed E-state index contributed by atoms with van der Waals surface area (Å²) in [5.41, 5.74) is 0.629. The highest BCUT2D eigenvalue weighted by Crippen LogP contribution is 2.28. The van der Waals surface area contributed by atoms with Crippen molar-refractivity contribution in [2.75, 3.05) is 13.1 Å². The van der Waals surface area contributed by atoms with Gasteiger partial charge in [0.25, 0.3) is 0 Å². The van der Waals surface area contributed by atoms with Crippen molar-refractivity contribution in [1.29, 1.82) is 0 Å². The third kappa shape index (κ3) is 3.85. The van der Waals surface area contributed by atoms with Gasteiger partial charge in [-0.3, -0.25) is 0 Å². The highest BCUT2D eigenvalue weighted by molar-refractivity contribution is 5.94. The minimum absolute atomic E-state index is 0.262. The number of piperidine rings is 1. The molecule has 0 amide bonds. The average molecular weight is 324 g/mol. The molecule has 2 aromatic carbocycles. The number of benzene rings is 2. The summed E-state index contributed by atoms with van der Waals surface area (Å²) >= 11 is 0. The summed E-state index contributed by atoms with van der Waals surface area (Å²) in [6.07, 6.45) is 5.62. The molecule has 1 heterocycles. The van der Waals surface area contributed by atoms with Gasteiger partial charge in [-0.25, -0.2) is 4.79 Å². The first kappa shape index (κ1) is 16.7. The van der Waals surface area contributed by atoms with Crippen LogP contribution in [-0.2, 0) is 9.53 Å². The van der Waals surface area contributed by atoms with Crippen LogP contribution in [0.15, 0.2) is 48.5 Å². The number of nitrogens with two attached hydrogens (primary N) is 1. The molecule has 3 nitrogen and oxygen atoms in total. The lowest BCUT2D eigenvalue weighted by atomic mass is 9.83. The Morgan fingerprint density at radius 2 is 1.83 bits per heavy atom. The van der Waals surface area contributed by atoms with Gasteiger partial charge in [-0.2, -0.15) is 0 Å².